The second-order valence-corrected chi connectivity index (χ2v) is 21.8. The largest absolute Gasteiger partial charge is 0.512 e. The third kappa shape index (κ3) is 10.4. The Morgan fingerprint density at radius 2 is 1.52 bits per heavy atom. The summed E-state index contributed by atoms with van der Waals surface area (Å²) in [4.78, 5) is 20.9. The molecule has 5 rings (SSSR count). The standard InChI is InChI=1S/C29H28F3N2SSi.C13H24O2.Ir/c1-28(2,3)15-17-7-9-22-23(11-17)35-27-25(33-16-34-26(22)27)19-12-18-13-20(29(30,31)32)8-10-21(18)24(14-19)36(4,5)6;1-5-10(6-2)12(14)9-13(15)11(7-3)8-4;/h7-11,13-14,16H,15H2,1-6H3;9-11,14H,5-8H2,1-4H3;/q-1;;/b;12-9-;. The first-order valence-corrected chi connectivity index (χ1v) is 22.3. The maximum Gasteiger partial charge on any atom is 0.409 e. The third-order valence-corrected chi connectivity index (χ3v) is 12.6. The zero-order valence-electron chi connectivity index (χ0n) is 32.0. The molecule has 0 amide bonds. The van der Waals surface area contributed by atoms with E-state index < -0.39 is 19.8 Å². The molecule has 2 aromatic heterocycles. The summed E-state index contributed by atoms with van der Waals surface area (Å²) in [6.07, 6.45) is 3.01. The summed E-state index contributed by atoms with van der Waals surface area (Å²) in [7, 11) is -1.90. The van der Waals surface area contributed by atoms with E-state index in [-0.39, 0.29) is 48.9 Å². The Bertz CT molecular complexity index is 2040. The number of aromatic nitrogens is 2. The minimum Gasteiger partial charge on any atom is -0.512 e. The van der Waals surface area contributed by atoms with Crippen molar-refractivity contribution in [2.45, 2.75) is 106 Å². The molecule has 283 valence electrons. The molecule has 0 aliphatic heterocycles. The number of thiophene rings is 1. The Hall–Kier alpha value is -2.91. The Morgan fingerprint density at radius 3 is 2.08 bits per heavy atom. The number of hydrogen-bond acceptors (Lipinski definition) is 5. The first-order chi connectivity index (χ1) is 23.8. The van der Waals surface area contributed by atoms with Crippen LogP contribution >= 0.6 is 11.3 Å². The second kappa shape index (κ2) is 17.5. The van der Waals surface area contributed by atoms with E-state index in [2.05, 4.69) is 80.7 Å². The normalized spacial score (nSPS) is 12.8. The number of fused-ring (bicyclic) bond motifs is 4. The maximum atomic E-state index is 13.5. The number of nitrogens with zero attached hydrogens (tertiary/aromatic N) is 2. The van der Waals surface area contributed by atoms with Gasteiger partial charge in [-0.25, -0.2) is 4.98 Å². The van der Waals surface area contributed by atoms with E-state index in [4.69, 9.17) is 0 Å². The average molecular weight is 926 g/mol. The van der Waals surface area contributed by atoms with Crippen molar-refractivity contribution in [2.24, 2.45) is 17.3 Å². The smallest absolute Gasteiger partial charge is 0.409 e. The van der Waals surface area contributed by atoms with Gasteiger partial charge in [0.2, 0.25) is 0 Å². The van der Waals surface area contributed by atoms with E-state index in [1.807, 2.05) is 27.7 Å². The van der Waals surface area contributed by atoms with Crippen molar-refractivity contribution in [1.29, 1.82) is 0 Å². The first kappa shape index (κ1) is 43.5. The number of halogens is 3. The van der Waals surface area contributed by atoms with E-state index in [1.165, 1.54) is 23.8 Å². The zero-order chi connectivity index (χ0) is 37.9. The Labute approximate surface area is 325 Å². The fraction of sp³-hybridized carbons (Fsp3) is 0.452. The van der Waals surface area contributed by atoms with Crippen LogP contribution in [-0.2, 0) is 37.5 Å². The predicted molar refractivity (Wildman–Crippen MR) is 212 cm³/mol. The van der Waals surface area contributed by atoms with Crippen molar-refractivity contribution in [3.05, 3.63) is 77.8 Å². The molecule has 1 radical (unpaired) electrons. The van der Waals surface area contributed by atoms with Gasteiger partial charge in [0.25, 0.3) is 0 Å². The molecule has 0 bridgehead atoms. The monoisotopic (exact) mass is 926 g/mol. The van der Waals surface area contributed by atoms with Crippen molar-refractivity contribution in [1.82, 2.24) is 9.97 Å². The topological polar surface area (TPSA) is 63.1 Å². The van der Waals surface area contributed by atoms with Crippen LogP contribution in [0.1, 0.15) is 85.3 Å². The number of benzene rings is 3. The molecule has 0 saturated heterocycles. The van der Waals surface area contributed by atoms with Gasteiger partial charge in [0.15, 0.2) is 5.78 Å². The van der Waals surface area contributed by atoms with Gasteiger partial charge < -0.3 is 5.11 Å². The quantitative estimate of drug-likeness (QED) is 0.0656. The zero-order valence-corrected chi connectivity index (χ0v) is 36.2. The molecule has 3 aromatic carbocycles. The van der Waals surface area contributed by atoms with Crippen LogP contribution in [0.15, 0.2) is 60.6 Å². The Balaban J connectivity index is 0.000000389. The SMILES string of the molecule is CC(C)(C)Cc1ccc2c(c1)sc1c(-c3[c-]c4cc(C(F)(F)F)ccc4c([Si](C)(C)C)c3)ncnc12.CCC(CC)C(=O)/C=C(\O)C(CC)CC.[Ir]. The number of allylic oxidation sites excluding steroid dienone is 2. The molecule has 2 heterocycles. The van der Waals surface area contributed by atoms with Crippen LogP contribution in [0.5, 0.6) is 0 Å². The van der Waals surface area contributed by atoms with Crippen LogP contribution in [0.3, 0.4) is 0 Å². The van der Waals surface area contributed by atoms with Gasteiger partial charge in [0.05, 0.1) is 19.3 Å². The van der Waals surface area contributed by atoms with Crippen molar-refractivity contribution >= 4 is 61.5 Å². The van der Waals surface area contributed by atoms with Gasteiger partial charge in [-0.15, -0.1) is 40.1 Å². The fourth-order valence-corrected chi connectivity index (χ4v) is 9.35. The molecule has 0 aliphatic rings. The van der Waals surface area contributed by atoms with Gasteiger partial charge in [0, 0.05) is 64.1 Å². The molecule has 0 fully saturated rings. The number of carbonyl (C=O) groups excluding carboxylic acids is 1. The van der Waals surface area contributed by atoms with Crippen LogP contribution in [0.4, 0.5) is 13.2 Å². The molecular formula is C42H52F3IrN2O2SSi-. The van der Waals surface area contributed by atoms with Crippen LogP contribution in [0.25, 0.3) is 42.3 Å². The molecule has 5 aromatic rings. The Morgan fingerprint density at radius 1 is 0.904 bits per heavy atom. The van der Waals surface area contributed by atoms with Crippen molar-refractivity contribution in [2.75, 3.05) is 0 Å². The summed E-state index contributed by atoms with van der Waals surface area (Å²) in [6.45, 7) is 21.4. The van der Waals surface area contributed by atoms with E-state index in [0.717, 1.165) is 68.7 Å². The van der Waals surface area contributed by atoms with Gasteiger partial charge in [0.1, 0.15) is 6.33 Å². The number of hydrogen-bond donors (Lipinski definition) is 1. The molecule has 0 unspecified atom stereocenters. The van der Waals surface area contributed by atoms with Crippen molar-refractivity contribution in [3.8, 4) is 11.3 Å². The van der Waals surface area contributed by atoms with E-state index in [0.29, 0.717) is 10.9 Å². The molecule has 1 N–H and O–H groups in total. The van der Waals surface area contributed by atoms with Crippen LogP contribution in [0.2, 0.25) is 19.6 Å². The van der Waals surface area contributed by atoms with E-state index >= 15 is 0 Å². The van der Waals surface area contributed by atoms with E-state index in [9.17, 15) is 23.1 Å². The van der Waals surface area contributed by atoms with Gasteiger partial charge >= 0.3 is 6.18 Å². The van der Waals surface area contributed by atoms with Crippen LogP contribution in [-0.4, -0.2) is 28.9 Å². The van der Waals surface area contributed by atoms with Gasteiger partial charge in [-0.1, -0.05) is 103 Å². The van der Waals surface area contributed by atoms with Gasteiger partial charge in [-0.2, -0.15) is 13.2 Å². The summed E-state index contributed by atoms with van der Waals surface area (Å²) < 4.78 is 42.6. The van der Waals surface area contributed by atoms with E-state index in [1.54, 1.807) is 23.7 Å². The molecule has 0 saturated carbocycles. The number of ketones is 1. The summed E-state index contributed by atoms with van der Waals surface area (Å²) in [5, 5.41) is 13.2. The summed E-state index contributed by atoms with van der Waals surface area (Å²) in [5.74, 6) is 0.547. The average Bonchev–Trinajstić information content (AvgIpc) is 3.41. The predicted octanol–water partition coefficient (Wildman–Crippen LogP) is 12.5. The van der Waals surface area contributed by atoms with Crippen LogP contribution in [0, 0.1) is 23.3 Å². The molecule has 0 aliphatic carbocycles. The Kier molecular flexibility index (Phi) is 14.6. The number of carbonyl (C=O) groups is 1. The minimum absolute atomic E-state index is 0. The summed E-state index contributed by atoms with van der Waals surface area (Å²) >= 11 is 1.64. The molecule has 10 heteroatoms. The molecule has 4 nitrogen and oxygen atoms in total. The third-order valence-electron chi connectivity index (χ3n) is 9.39. The molecular weight excluding hydrogens is 874 g/mol. The molecule has 52 heavy (non-hydrogen) atoms. The van der Waals surface area contributed by atoms with Crippen molar-refractivity contribution in [3.63, 3.8) is 0 Å². The molecule has 0 spiro atoms. The van der Waals surface area contributed by atoms with Gasteiger partial charge in [-0.3, -0.25) is 9.78 Å². The minimum atomic E-state index is -4.41. The number of aliphatic hydroxyl groups excluding tert-OH is 1. The van der Waals surface area contributed by atoms with Crippen LogP contribution < -0.4 is 5.19 Å². The maximum absolute atomic E-state index is 13.5. The number of rotatable bonds is 10. The summed E-state index contributed by atoms with van der Waals surface area (Å²) in [5.41, 5.74) is 3.10. The molecule has 0 atom stereocenters. The fourth-order valence-electron chi connectivity index (χ4n) is 6.52. The second-order valence-electron chi connectivity index (χ2n) is 15.7. The summed E-state index contributed by atoms with van der Waals surface area (Å²) in [6, 6.07) is 15.9. The van der Waals surface area contributed by atoms with Crippen molar-refractivity contribution < 1.29 is 43.2 Å². The number of aliphatic hydroxyl groups is 1. The van der Waals surface area contributed by atoms with Gasteiger partial charge in [-0.05, 0) is 49.1 Å². The first-order valence-electron chi connectivity index (χ1n) is 18.0. The number of alkyl halides is 3.